The normalized spacial score (nSPS) is 17.8. The molecule has 1 aliphatic rings. The summed E-state index contributed by atoms with van der Waals surface area (Å²) in [6, 6.07) is 6.56. The molecule has 1 aliphatic carbocycles. The van der Waals surface area contributed by atoms with E-state index in [1.54, 1.807) is 18.2 Å². The summed E-state index contributed by atoms with van der Waals surface area (Å²) < 4.78 is 0. The lowest BCUT2D eigenvalue weighted by Crippen LogP contribution is -2.14. The molecule has 1 unspecified atom stereocenters. The molecule has 4 heteroatoms. The van der Waals surface area contributed by atoms with Crippen molar-refractivity contribution in [3.63, 3.8) is 0 Å². The first-order valence-electron chi connectivity index (χ1n) is 4.69. The number of rotatable bonds is 3. The van der Waals surface area contributed by atoms with Gasteiger partial charge < -0.3 is 5.73 Å². The van der Waals surface area contributed by atoms with Crippen LogP contribution in [0.1, 0.15) is 24.4 Å². The largest absolute Gasteiger partial charge is 0.324 e. The van der Waals surface area contributed by atoms with E-state index in [0.717, 1.165) is 12.8 Å². The molecule has 1 aromatic carbocycles. The van der Waals surface area contributed by atoms with Gasteiger partial charge in [-0.25, -0.2) is 0 Å². The van der Waals surface area contributed by atoms with E-state index in [-0.39, 0.29) is 16.7 Å². The van der Waals surface area contributed by atoms with Gasteiger partial charge >= 0.3 is 0 Å². The minimum absolute atomic E-state index is 0.145. The van der Waals surface area contributed by atoms with Crippen LogP contribution in [-0.2, 0) is 0 Å². The van der Waals surface area contributed by atoms with Gasteiger partial charge in [0.2, 0.25) is 0 Å². The zero-order valence-electron chi connectivity index (χ0n) is 7.72. The maximum atomic E-state index is 10.7. The molecule has 0 bridgehead atoms. The van der Waals surface area contributed by atoms with Gasteiger partial charge in [0.05, 0.1) is 4.92 Å². The average Bonchev–Trinajstić information content (AvgIpc) is 3.00. The Labute approximate surface area is 81.9 Å². The molecule has 2 N–H and O–H groups in total. The highest BCUT2D eigenvalue weighted by atomic mass is 16.6. The van der Waals surface area contributed by atoms with E-state index in [0.29, 0.717) is 11.5 Å². The Bertz CT molecular complexity index is 361. The molecule has 0 radical (unpaired) electrons. The van der Waals surface area contributed by atoms with Crippen LogP contribution in [-0.4, -0.2) is 4.92 Å². The van der Waals surface area contributed by atoms with Gasteiger partial charge in [-0.1, -0.05) is 18.2 Å². The van der Waals surface area contributed by atoms with E-state index in [1.165, 1.54) is 6.07 Å². The fourth-order valence-corrected chi connectivity index (χ4v) is 1.64. The van der Waals surface area contributed by atoms with E-state index < -0.39 is 0 Å². The Morgan fingerprint density at radius 1 is 1.43 bits per heavy atom. The first-order valence-corrected chi connectivity index (χ1v) is 4.69. The molecular weight excluding hydrogens is 180 g/mol. The van der Waals surface area contributed by atoms with Crippen molar-refractivity contribution >= 4 is 5.69 Å². The maximum absolute atomic E-state index is 10.7. The number of nitro benzene ring substituents is 1. The van der Waals surface area contributed by atoms with Gasteiger partial charge in [-0.05, 0) is 18.8 Å². The predicted octanol–water partition coefficient (Wildman–Crippen LogP) is 2.00. The fraction of sp³-hybridized carbons (Fsp3) is 0.400. The second-order valence-corrected chi connectivity index (χ2v) is 3.68. The third-order valence-corrected chi connectivity index (χ3v) is 2.62. The number of hydrogen-bond donors (Lipinski definition) is 1. The second-order valence-electron chi connectivity index (χ2n) is 3.68. The van der Waals surface area contributed by atoms with E-state index in [1.807, 2.05) is 0 Å². The molecule has 1 aromatic rings. The summed E-state index contributed by atoms with van der Waals surface area (Å²) in [4.78, 5) is 10.4. The zero-order chi connectivity index (χ0) is 10.1. The Morgan fingerprint density at radius 3 is 2.64 bits per heavy atom. The third-order valence-electron chi connectivity index (χ3n) is 2.62. The van der Waals surface area contributed by atoms with E-state index in [2.05, 4.69) is 0 Å². The standard InChI is InChI=1S/C10H12N2O2/c11-10(7-5-6-7)8-3-1-2-4-9(8)12(13)14/h1-4,7,10H,5-6,11H2. The van der Waals surface area contributed by atoms with Crippen LogP contribution in [0.15, 0.2) is 24.3 Å². The van der Waals surface area contributed by atoms with Crippen molar-refractivity contribution in [2.24, 2.45) is 11.7 Å². The summed E-state index contributed by atoms with van der Waals surface area (Å²) in [5, 5.41) is 10.7. The molecule has 2 rings (SSSR count). The van der Waals surface area contributed by atoms with Crippen molar-refractivity contribution in [3.05, 3.63) is 39.9 Å². The molecule has 1 atom stereocenters. The van der Waals surface area contributed by atoms with Crippen molar-refractivity contribution in [1.29, 1.82) is 0 Å². The smallest absolute Gasteiger partial charge is 0.274 e. The molecular formula is C10H12N2O2. The first kappa shape index (κ1) is 9.15. The summed E-state index contributed by atoms with van der Waals surface area (Å²) in [5.41, 5.74) is 6.75. The summed E-state index contributed by atoms with van der Waals surface area (Å²) in [6.45, 7) is 0. The number of nitro groups is 1. The van der Waals surface area contributed by atoms with E-state index in [4.69, 9.17) is 5.73 Å². The van der Waals surface area contributed by atoms with Crippen LogP contribution in [0.2, 0.25) is 0 Å². The van der Waals surface area contributed by atoms with Gasteiger partial charge in [0.1, 0.15) is 0 Å². The predicted molar refractivity (Wildman–Crippen MR) is 52.7 cm³/mol. The molecule has 0 heterocycles. The Balaban J connectivity index is 2.34. The summed E-state index contributed by atoms with van der Waals surface area (Å²) >= 11 is 0. The van der Waals surface area contributed by atoms with Crippen LogP contribution in [0, 0.1) is 16.0 Å². The Kier molecular flexibility index (Phi) is 2.21. The number of hydrogen-bond acceptors (Lipinski definition) is 3. The molecule has 1 fully saturated rings. The van der Waals surface area contributed by atoms with Crippen molar-refractivity contribution < 1.29 is 4.92 Å². The van der Waals surface area contributed by atoms with Crippen molar-refractivity contribution in [2.45, 2.75) is 18.9 Å². The summed E-state index contributed by atoms with van der Waals surface area (Å²) in [6.07, 6.45) is 2.18. The van der Waals surface area contributed by atoms with Crippen LogP contribution in [0.4, 0.5) is 5.69 Å². The lowest BCUT2D eigenvalue weighted by molar-refractivity contribution is -0.385. The van der Waals surface area contributed by atoms with Crippen molar-refractivity contribution in [2.75, 3.05) is 0 Å². The molecule has 0 aromatic heterocycles. The van der Waals surface area contributed by atoms with Gasteiger partial charge in [0, 0.05) is 17.7 Å². The van der Waals surface area contributed by atoms with Crippen LogP contribution >= 0.6 is 0 Å². The molecule has 0 saturated heterocycles. The molecule has 74 valence electrons. The molecule has 0 amide bonds. The molecule has 14 heavy (non-hydrogen) atoms. The fourth-order valence-electron chi connectivity index (χ4n) is 1.64. The van der Waals surface area contributed by atoms with E-state index >= 15 is 0 Å². The molecule has 0 spiro atoms. The monoisotopic (exact) mass is 192 g/mol. The average molecular weight is 192 g/mol. The lowest BCUT2D eigenvalue weighted by atomic mass is 10.0. The maximum Gasteiger partial charge on any atom is 0.274 e. The highest BCUT2D eigenvalue weighted by molar-refractivity contribution is 5.42. The number of nitrogens with zero attached hydrogens (tertiary/aromatic N) is 1. The molecule has 1 saturated carbocycles. The Hall–Kier alpha value is -1.42. The van der Waals surface area contributed by atoms with Gasteiger partial charge in [0.25, 0.3) is 5.69 Å². The zero-order valence-corrected chi connectivity index (χ0v) is 7.72. The van der Waals surface area contributed by atoms with Gasteiger partial charge in [0.15, 0.2) is 0 Å². The molecule has 0 aliphatic heterocycles. The van der Waals surface area contributed by atoms with Crippen LogP contribution < -0.4 is 5.73 Å². The minimum atomic E-state index is -0.364. The van der Waals surface area contributed by atoms with Crippen LogP contribution in [0.25, 0.3) is 0 Å². The van der Waals surface area contributed by atoms with Crippen molar-refractivity contribution in [1.82, 2.24) is 0 Å². The number of para-hydroxylation sites is 1. The van der Waals surface area contributed by atoms with Gasteiger partial charge in [-0.3, -0.25) is 10.1 Å². The number of nitrogens with two attached hydrogens (primary N) is 1. The lowest BCUT2D eigenvalue weighted by Gasteiger charge is -2.10. The first-order chi connectivity index (χ1) is 6.70. The van der Waals surface area contributed by atoms with Crippen LogP contribution in [0.5, 0.6) is 0 Å². The van der Waals surface area contributed by atoms with Gasteiger partial charge in [-0.15, -0.1) is 0 Å². The summed E-state index contributed by atoms with van der Waals surface area (Å²) in [7, 11) is 0. The van der Waals surface area contributed by atoms with Crippen molar-refractivity contribution in [3.8, 4) is 0 Å². The minimum Gasteiger partial charge on any atom is -0.324 e. The number of benzene rings is 1. The quantitative estimate of drug-likeness (QED) is 0.588. The van der Waals surface area contributed by atoms with Crippen LogP contribution in [0.3, 0.4) is 0 Å². The summed E-state index contributed by atoms with van der Waals surface area (Å²) in [5.74, 6) is 0.441. The SMILES string of the molecule is NC(c1ccccc1[N+](=O)[O-])C1CC1. The highest BCUT2D eigenvalue weighted by Gasteiger charge is 2.32. The van der Waals surface area contributed by atoms with E-state index in [9.17, 15) is 10.1 Å². The Morgan fingerprint density at radius 2 is 2.07 bits per heavy atom. The second kappa shape index (κ2) is 3.38. The third kappa shape index (κ3) is 1.61. The van der Waals surface area contributed by atoms with Gasteiger partial charge in [-0.2, -0.15) is 0 Å². The topological polar surface area (TPSA) is 69.2 Å². The molecule has 4 nitrogen and oxygen atoms in total. The highest BCUT2D eigenvalue weighted by Crippen LogP contribution is 2.41.